The molecule has 1 amide bonds. The molecule has 0 aliphatic heterocycles. The van der Waals surface area contributed by atoms with Crippen LogP contribution in [0.15, 0.2) is 28.9 Å². The number of aromatic nitrogens is 2. The van der Waals surface area contributed by atoms with Crippen LogP contribution in [-0.2, 0) is 6.54 Å². The van der Waals surface area contributed by atoms with E-state index < -0.39 is 0 Å². The summed E-state index contributed by atoms with van der Waals surface area (Å²) in [6.45, 7) is 2.61. The van der Waals surface area contributed by atoms with Crippen molar-refractivity contribution in [3.63, 3.8) is 0 Å². The Kier molecular flexibility index (Phi) is 3.68. The number of furan rings is 1. The van der Waals surface area contributed by atoms with Gasteiger partial charge in [-0.1, -0.05) is 18.5 Å². The number of halogens is 1. The molecule has 2 aromatic rings. The van der Waals surface area contributed by atoms with Crippen LogP contribution in [0.4, 0.5) is 0 Å². The van der Waals surface area contributed by atoms with Crippen LogP contribution in [0.5, 0.6) is 0 Å². The fourth-order valence-electron chi connectivity index (χ4n) is 2.34. The lowest BCUT2D eigenvalue weighted by molar-refractivity contribution is 0.0768. The fourth-order valence-corrected chi connectivity index (χ4v) is 2.49. The van der Waals surface area contributed by atoms with Crippen molar-refractivity contribution in [1.82, 2.24) is 14.9 Å². The van der Waals surface area contributed by atoms with Gasteiger partial charge in [-0.15, -0.1) is 0 Å². The highest BCUT2D eigenvalue weighted by atomic mass is 35.5. The number of hydrogen-bond acceptors (Lipinski definition) is 4. The van der Waals surface area contributed by atoms with E-state index in [-0.39, 0.29) is 16.8 Å². The molecule has 0 saturated heterocycles. The second-order valence-corrected chi connectivity index (χ2v) is 5.90. The monoisotopic (exact) mass is 305 g/mol. The van der Waals surface area contributed by atoms with Crippen LogP contribution >= 0.6 is 11.6 Å². The van der Waals surface area contributed by atoms with E-state index in [0.717, 1.165) is 11.5 Å². The fraction of sp³-hybridized carbons (Fsp3) is 0.400. The Hall–Kier alpha value is -1.88. The standard InChI is InChI=1S/C15H16ClN3O2/c1-9-5-11(9)13-4-3-10(21-13)8-19(2)15(20)12-6-17-7-14(16)18-12/h3-4,6-7,9,11H,5,8H2,1-2H3. The maximum Gasteiger partial charge on any atom is 0.274 e. The molecule has 1 aliphatic carbocycles. The van der Waals surface area contributed by atoms with Crippen LogP contribution in [0.2, 0.25) is 5.15 Å². The Morgan fingerprint density at radius 2 is 2.24 bits per heavy atom. The van der Waals surface area contributed by atoms with E-state index in [0.29, 0.717) is 18.4 Å². The molecule has 2 atom stereocenters. The molecule has 110 valence electrons. The van der Waals surface area contributed by atoms with Gasteiger partial charge in [0.2, 0.25) is 0 Å². The van der Waals surface area contributed by atoms with Crippen LogP contribution in [-0.4, -0.2) is 27.8 Å². The van der Waals surface area contributed by atoms with Crippen LogP contribution < -0.4 is 0 Å². The van der Waals surface area contributed by atoms with E-state index in [4.69, 9.17) is 16.0 Å². The zero-order valence-corrected chi connectivity index (χ0v) is 12.7. The lowest BCUT2D eigenvalue weighted by atomic mass is 10.3. The van der Waals surface area contributed by atoms with Gasteiger partial charge in [0, 0.05) is 13.0 Å². The van der Waals surface area contributed by atoms with Gasteiger partial charge < -0.3 is 9.32 Å². The van der Waals surface area contributed by atoms with Crippen molar-refractivity contribution >= 4 is 17.5 Å². The molecule has 0 N–H and O–H groups in total. The minimum atomic E-state index is -0.234. The SMILES string of the molecule is CC1CC1c1ccc(CN(C)C(=O)c2cncc(Cl)n2)o1. The molecule has 1 fully saturated rings. The van der Waals surface area contributed by atoms with Crippen molar-refractivity contribution < 1.29 is 9.21 Å². The van der Waals surface area contributed by atoms with Gasteiger partial charge in [0.05, 0.1) is 18.9 Å². The van der Waals surface area contributed by atoms with Gasteiger partial charge in [0.1, 0.15) is 22.4 Å². The number of rotatable bonds is 4. The Labute approximate surface area is 127 Å². The summed E-state index contributed by atoms with van der Waals surface area (Å²) in [5.74, 6) is 2.79. The molecule has 5 nitrogen and oxygen atoms in total. The molecule has 1 aliphatic rings. The second kappa shape index (κ2) is 5.48. The summed E-state index contributed by atoms with van der Waals surface area (Å²) in [6.07, 6.45) is 3.98. The minimum Gasteiger partial charge on any atom is -0.464 e. The number of carbonyl (C=O) groups is 1. The topological polar surface area (TPSA) is 59.2 Å². The minimum absolute atomic E-state index is 0.206. The highest BCUT2D eigenvalue weighted by molar-refractivity contribution is 6.29. The Balaban J connectivity index is 1.66. The summed E-state index contributed by atoms with van der Waals surface area (Å²) >= 11 is 5.75. The van der Waals surface area contributed by atoms with Crippen LogP contribution in [0, 0.1) is 5.92 Å². The normalized spacial score (nSPS) is 20.3. The summed E-state index contributed by atoms with van der Waals surface area (Å²) in [7, 11) is 1.70. The molecular formula is C15H16ClN3O2. The van der Waals surface area contributed by atoms with Crippen molar-refractivity contribution in [2.75, 3.05) is 7.05 Å². The molecular weight excluding hydrogens is 290 g/mol. The first-order valence-electron chi connectivity index (χ1n) is 6.86. The van der Waals surface area contributed by atoms with E-state index in [1.54, 1.807) is 11.9 Å². The largest absolute Gasteiger partial charge is 0.464 e. The molecule has 0 spiro atoms. The van der Waals surface area contributed by atoms with Crippen molar-refractivity contribution in [3.8, 4) is 0 Å². The van der Waals surface area contributed by atoms with Gasteiger partial charge >= 0.3 is 0 Å². The predicted octanol–water partition coefficient (Wildman–Crippen LogP) is 3.12. The molecule has 2 unspecified atom stereocenters. The lowest BCUT2D eigenvalue weighted by Crippen LogP contribution is -2.27. The first kappa shape index (κ1) is 14.1. The lowest BCUT2D eigenvalue weighted by Gasteiger charge is -2.14. The van der Waals surface area contributed by atoms with Gasteiger partial charge in [0.15, 0.2) is 0 Å². The maximum absolute atomic E-state index is 12.2. The summed E-state index contributed by atoms with van der Waals surface area (Å²) in [4.78, 5) is 21.6. The first-order chi connectivity index (χ1) is 10.0. The molecule has 0 aromatic carbocycles. The Morgan fingerprint density at radius 1 is 1.48 bits per heavy atom. The zero-order valence-electron chi connectivity index (χ0n) is 11.9. The van der Waals surface area contributed by atoms with Crippen molar-refractivity contribution in [2.45, 2.75) is 25.8 Å². The van der Waals surface area contributed by atoms with Gasteiger partial charge in [-0.3, -0.25) is 9.78 Å². The van der Waals surface area contributed by atoms with E-state index in [2.05, 4.69) is 16.9 Å². The predicted molar refractivity (Wildman–Crippen MR) is 78.1 cm³/mol. The summed E-state index contributed by atoms with van der Waals surface area (Å²) < 4.78 is 5.80. The van der Waals surface area contributed by atoms with Gasteiger partial charge in [-0.2, -0.15) is 0 Å². The van der Waals surface area contributed by atoms with Crippen LogP contribution in [0.1, 0.15) is 41.3 Å². The Bertz CT molecular complexity index is 670. The Morgan fingerprint density at radius 3 is 2.90 bits per heavy atom. The third kappa shape index (κ3) is 3.08. The summed E-state index contributed by atoms with van der Waals surface area (Å²) in [5.41, 5.74) is 0.229. The third-order valence-electron chi connectivity index (χ3n) is 3.72. The van der Waals surface area contributed by atoms with Gasteiger partial charge in [-0.25, -0.2) is 4.98 Å². The number of amides is 1. The molecule has 6 heteroatoms. The average molecular weight is 306 g/mol. The highest BCUT2D eigenvalue weighted by Gasteiger charge is 2.36. The van der Waals surface area contributed by atoms with E-state index in [1.807, 2.05) is 12.1 Å². The maximum atomic E-state index is 12.2. The molecule has 21 heavy (non-hydrogen) atoms. The van der Waals surface area contributed by atoms with Gasteiger partial charge in [-0.05, 0) is 24.5 Å². The molecule has 1 saturated carbocycles. The molecule has 0 bridgehead atoms. The first-order valence-corrected chi connectivity index (χ1v) is 7.24. The molecule has 3 rings (SSSR count). The molecule has 2 aromatic heterocycles. The number of carbonyl (C=O) groups excluding carboxylic acids is 1. The summed E-state index contributed by atoms with van der Waals surface area (Å²) in [6, 6.07) is 3.93. The van der Waals surface area contributed by atoms with Gasteiger partial charge in [0.25, 0.3) is 5.91 Å². The van der Waals surface area contributed by atoms with Crippen LogP contribution in [0.25, 0.3) is 0 Å². The molecule has 2 heterocycles. The smallest absolute Gasteiger partial charge is 0.274 e. The van der Waals surface area contributed by atoms with Crippen LogP contribution in [0.3, 0.4) is 0 Å². The van der Waals surface area contributed by atoms with Crippen molar-refractivity contribution in [1.29, 1.82) is 0 Å². The zero-order chi connectivity index (χ0) is 15.0. The quantitative estimate of drug-likeness (QED) is 0.871. The van der Waals surface area contributed by atoms with E-state index in [9.17, 15) is 4.79 Å². The molecule has 0 radical (unpaired) electrons. The summed E-state index contributed by atoms with van der Waals surface area (Å²) in [5, 5.41) is 0.206. The van der Waals surface area contributed by atoms with E-state index in [1.165, 1.54) is 18.8 Å². The highest BCUT2D eigenvalue weighted by Crippen LogP contribution is 2.47. The number of nitrogens with zero attached hydrogens (tertiary/aromatic N) is 3. The average Bonchev–Trinajstić information content (AvgIpc) is 3.01. The van der Waals surface area contributed by atoms with Crippen molar-refractivity contribution in [2.24, 2.45) is 5.92 Å². The van der Waals surface area contributed by atoms with Crippen molar-refractivity contribution in [3.05, 3.63) is 46.9 Å². The third-order valence-corrected chi connectivity index (χ3v) is 3.90. The van der Waals surface area contributed by atoms with E-state index >= 15 is 0 Å². The number of hydrogen-bond donors (Lipinski definition) is 0. The second-order valence-electron chi connectivity index (χ2n) is 5.51.